The second-order valence-electron chi connectivity index (χ2n) is 2.26. The Labute approximate surface area is 78.3 Å². The highest BCUT2D eigenvalue weighted by Gasteiger charge is 2.00. The van der Waals surface area contributed by atoms with E-state index in [0.29, 0.717) is 13.0 Å². The van der Waals surface area contributed by atoms with E-state index in [1.165, 1.54) is 13.8 Å². The van der Waals surface area contributed by atoms with E-state index in [2.05, 4.69) is 4.74 Å². The zero-order valence-electron chi connectivity index (χ0n) is 8.55. The first-order valence-electron chi connectivity index (χ1n) is 4.12. The maximum Gasteiger partial charge on any atom is 0.302 e. The molecule has 76 valence electrons. The lowest BCUT2D eigenvalue weighted by atomic mass is 10.2. The Morgan fingerprint density at radius 1 is 1.08 bits per heavy atom. The van der Waals surface area contributed by atoms with Crippen molar-refractivity contribution in [3.8, 4) is 0 Å². The summed E-state index contributed by atoms with van der Waals surface area (Å²) in [5.74, 6) is -0.847. The van der Waals surface area contributed by atoms with Crippen molar-refractivity contribution in [2.45, 2.75) is 34.1 Å². The average molecular weight is 188 g/mol. The molecule has 0 amide bonds. The Morgan fingerprint density at radius 2 is 1.54 bits per heavy atom. The van der Waals surface area contributed by atoms with E-state index >= 15 is 0 Å². The summed E-state index contributed by atoms with van der Waals surface area (Å²) in [6, 6.07) is 0. The molecule has 0 atom stereocenters. The number of ketones is 2. The molecule has 0 aromatic rings. The van der Waals surface area contributed by atoms with Gasteiger partial charge in [-0.25, -0.2) is 0 Å². The van der Waals surface area contributed by atoms with E-state index in [9.17, 15) is 14.4 Å². The lowest BCUT2D eigenvalue weighted by Crippen LogP contribution is -2.06. The van der Waals surface area contributed by atoms with Crippen LogP contribution in [-0.2, 0) is 19.1 Å². The first kappa shape index (κ1) is 14.3. The van der Waals surface area contributed by atoms with Crippen molar-refractivity contribution in [2.75, 3.05) is 6.61 Å². The molecule has 0 N–H and O–H groups in total. The molecule has 0 aliphatic rings. The Morgan fingerprint density at radius 3 is 1.54 bits per heavy atom. The molecule has 0 saturated carbocycles. The average Bonchev–Trinajstić information content (AvgIpc) is 2.03. The maximum atomic E-state index is 10.2. The van der Waals surface area contributed by atoms with Crippen LogP contribution in [0, 0.1) is 0 Å². The molecule has 0 aliphatic carbocycles. The van der Waals surface area contributed by atoms with Gasteiger partial charge >= 0.3 is 5.97 Å². The van der Waals surface area contributed by atoms with Crippen LogP contribution in [0.25, 0.3) is 0 Å². The van der Waals surface area contributed by atoms with E-state index < -0.39 is 0 Å². The quantitative estimate of drug-likeness (QED) is 0.492. The molecular formula is C9H16O4. The second kappa shape index (κ2) is 8.90. The standard InChI is InChI=1S/C5H8O2.C4H8O2/c1-3-5(7)4(2)6;1-3-6-4(2)5/h3H2,1-2H3;3H2,1-2H3. The Hall–Kier alpha value is -1.19. The minimum absolute atomic E-state index is 0.211. The topological polar surface area (TPSA) is 60.4 Å². The highest BCUT2D eigenvalue weighted by Crippen LogP contribution is 1.79. The van der Waals surface area contributed by atoms with Crippen molar-refractivity contribution in [3.05, 3.63) is 0 Å². The molecule has 0 unspecified atom stereocenters. The summed E-state index contributed by atoms with van der Waals surface area (Å²) in [5, 5.41) is 0. The van der Waals surface area contributed by atoms with E-state index in [1.807, 2.05) is 0 Å². The van der Waals surface area contributed by atoms with Crippen molar-refractivity contribution in [1.29, 1.82) is 0 Å². The van der Waals surface area contributed by atoms with Gasteiger partial charge in [0.15, 0.2) is 11.6 Å². The predicted molar refractivity (Wildman–Crippen MR) is 48.3 cm³/mol. The van der Waals surface area contributed by atoms with Crippen molar-refractivity contribution in [1.82, 2.24) is 0 Å². The predicted octanol–water partition coefficient (Wildman–Crippen LogP) is 1.12. The Balaban J connectivity index is 0. The Kier molecular flexibility index (Phi) is 9.82. The van der Waals surface area contributed by atoms with Crippen LogP contribution in [0.2, 0.25) is 0 Å². The first-order chi connectivity index (χ1) is 5.95. The van der Waals surface area contributed by atoms with Gasteiger partial charge in [0.2, 0.25) is 0 Å². The number of esters is 1. The lowest BCUT2D eigenvalue weighted by Gasteiger charge is -1.89. The smallest absolute Gasteiger partial charge is 0.302 e. The van der Waals surface area contributed by atoms with E-state index in [-0.39, 0.29) is 17.5 Å². The summed E-state index contributed by atoms with van der Waals surface area (Å²) in [4.78, 5) is 30.0. The van der Waals surface area contributed by atoms with Gasteiger partial charge in [-0.3, -0.25) is 14.4 Å². The summed E-state index contributed by atoms with van der Waals surface area (Å²) in [5.41, 5.74) is 0. The van der Waals surface area contributed by atoms with E-state index in [4.69, 9.17) is 0 Å². The molecule has 0 bridgehead atoms. The molecule has 0 aliphatic heterocycles. The lowest BCUT2D eigenvalue weighted by molar-refractivity contribution is -0.140. The van der Waals surface area contributed by atoms with Crippen LogP contribution in [0.4, 0.5) is 0 Å². The minimum Gasteiger partial charge on any atom is -0.466 e. The molecule has 13 heavy (non-hydrogen) atoms. The molecule has 0 saturated heterocycles. The molecule has 0 heterocycles. The van der Waals surface area contributed by atoms with Crippen LogP contribution in [0.1, 0.15) is 34.1 Å². The van der Waals surface area contributed by atoms with Crippen LogP contribution in [0.5, 0.6) is 0 Å². The van der Waals surface area contributed by atoms with Gasteiger partial charge in [-0.2, -0.15) is 0 Å². The monoisotopic (exact) mass is 188 g/mol. The van der Waals surface area contributed by atoms with Crippen LogP contribution in [0.15, 0.2) is 0 Å². The summed E-state index contributed by atoms with van der Waals surface area (Å²) in [6.45, 7) is 6.61. The molecule has 0 aromatic carbocycles. The van der Waals surface area contributed by atoms with Crippen LogP contribution in [-0.4, -0.2) is 24.1 Å². The van der Waals surface area contributed by atoms with Gasteiger partial charge in [0.1, 0.15) is 0 Å². The van der Waals surface area contributed by atoms with Crippen molar-refractivity contribution in [2.24, 2.45) is 0 Å². The normalized spacial score (nSPS) is 8.00. The molecular weight excluding hydrogens is 172 g/mol. The number of hydrogen-bond acceptors (Lipinski definition) is 4. The number of carbonyl (C=O) groups is 3. The third kappa shape index (κ3) is 13.8. The molecule has 0 spiro atoms. The van der Waals surface area contributed by atoms with Gasteiger partial charge in [-0.15, -0.1) is 0 Å². The maximum absolute atomic E-state index is 10.2. The number of Topliss-reactive ketones (excluding diaryl/α,β-unsaturated/α-hetero) is 2. The molecule has 0 rings (SSSR count). The molecule has 0 aromatic heterocycles. The van der Waals surface area contributed by atoms with Crippen molar-refractivity contribution in [3.63, 3.8) is 0 Å². The molecule has 4 nitrogen and oxygen atoms in total. The van der Waals surface area contributed by atoms with Crippen molar-refractivity contribution < 1.29 is 19.1 Å². The van der Waals surface area contributed by atoms with Crippen LogP contribution >= 0.6 is 0 Å². The Bertz CT molecular complexity index is 184. The van der Waals surface area contributed by atoms with Gasteiger partial charge in [0, 0.05) is 20.3 Å². The van der Waals surface area contributed by atoms with Gasteiger partial charge in [-0.1, -0.05) is 6.92 Å². The van der Waals surface area contributed by atoms with E-state index in [0.717, 1.165) is 0 Å². The van der Waals surface area contributed by atoms with Crippen LogP contribution < -0.4 is 0 Å². The number of rotatable bonds is 3. The summed E-state index contributed by atoms with van der Waals surface area (Å²) in [7, 11) is 0. The SMILES string of the molecule is CCC(=O)C(C)=O.CCOC(C)=O. The molecule has 0 radical (unpaired) electrons. The summed E-state index contributed by atoms with van der Waals surface area (Å²) < 4.78 is 4.40. The fourth-order valence-electron chi connectivity index (χ4n) is 0.452. The molecule has 0 fully saturated rings. The number of carbonyl (C=O) groups excluding carboxylic acids is 3. The minimum atomic E-state index is -0.345. The summed E-state index contributed by atoms with van der Waals surface area (Å²) >= 11 is 0. The highest BCUT2D eigenvalue weighted by atomic mass is 16.5. The number of hydrogen-bond donors (Lipinski definition) is 0. The van der Waals surface area contributed by atoms with Gasteiger partial charge in [-0.05, 0) is 6.92 Å². The third-order valence-electron chi connectivity index (χ3n) is 1.06. The largest absolute Gasteiger partial charge is 0.466 e. The highest BCUT2D eigenvalue weighted by molar-refractivity contribution is 6.36. The third-order valence-corrected chi connectivity index (χ3v) is 1.06. The fourth-order valence-corrected chi connectivity index (χ4v) is 0.452. The zero-order valence-corrected chi connectivity index (χ0v) is 8.55. The first-order valence-corrected chi connectivity index (χ1v) is 4.12. The van der Waals surface area contributed by atoms with Gasteiger partial charge < -0.3 is 4.74 Å². The van der Waals surface area contributed by atoms with Gasteiger partial charge in [0.25, 0.3) is 0 Å². The zero-order chi connectivity index (χ0) is 10.9. The van der Waals surface area contributed by atoms with E-state index in [1.54, 1.807) is 13.8 Å². The molecule has 4 heteroatoms. The fraction of sp³-hybridized carbons (Fsp3) is 0.667. The van der Waals surface area contributed by atoms with Gasteiger partial charge in [0.05, 0.1) is 6.61 Å². The number of ether oxygens (including phenoxy) is 1. The second-order valence-corrected chi connectivity index (χ2v) is 2.26. The van der Waals surface area contributed by atoms with Crippen molar-refractivity contribution >= 4 is 17.5 Å². The summed E-state index contributed by atoms with van der Waals surface area (Å²) in [6.07, 6.45) is 0.329. The van der Waals surface area contributed by atoms with Crippen LogP contribution in [0.3, 0.4) is 0 Å².